The van der Waals surface area contributed by atoms with Gasteiger partial charge in [0.2, 0.25) is 0 Å². The molecule has 1 N–H and O–H groups in total. The molecule has 0 unspecified atom stereocenters. The zero-order valence-corrected chi connectivity index (χ0v) is 13.4. The first-order chi connectivity index (χ1) is 8.78. The second kappa shape index (κ2) is 7.06. The quantitative estimate of drug-likeness (QED) is 0.782. The molecule has 110 valence electrons. The molecule has 0 bridgehead atoms. The van der Waals surface area contributed by atoms with Crippen LogP contribution in [0, 0.1) is 11.3 Å². The van der Waals surface area contributed by atoms with Crippen molar-refractivity contribution in [2.24, 2.45) is 18.4 Å². The molecule has 0 atom stereocenters. The highest BCUT2D eigenvalue weighted by Crippen LogP contribution is 2.16. The van der Waals surface area contributed by atoms with Crippen LogP contribution in [0.25, 0.3) is 0 Å². The molecule has 0 radical (unpaired) electrons. The van der Waals surface area contributed by atoms with E-state index in [4.69, 9.17) is 0 Å². The first-order valence-electron chi connectivity index (χ1n) is 7.15. The van der Waals surface area contributed by atoms with Gasteiger partial charge in [0.05, 0.1) is 6.20 Å². The normalized spacial score (nSPS) is 12.6. The topological polar surface area (TPSA) is 33.1 Å². The van der Waals surface area contributed by atoms with Gasteiger partial charge < -0.3 is 10.2 Å². The standard InChI is InChI=1S/C15H30N4/c1-13(2)7-16-11-15(3,4)12-18(5)9-14-8-17-19(6)10-14/h8,10,13,16H,7,9,11-12H2,1-6H3. The van der Waals surface area contributed by atoms with Crippen LogP contribution in [0.1, 0.15) is 33.3 Å². The Morgan fingerprint density at radius 2 is 2.11 bits per heavy atom. The van der Waals surface area contributed by atoms with E-state index in [0.29, 0.717) is 5.92 Å². The Balaban J connectivity index is 2.35. The average molecular weight is 266 g/mol. The Morgan fingerprint density at radius 3 is 2.63 bits per heavy atom. The number of nitrogens with one attached hydrogen (secondary N) is 1. The molecule has 19 heavy (non-hydrogen) atoms. The molecule has 1 rings (SSSR count). The van der Waals surface area contributed by atoms with Gasteiger partial charge in [0.25, 0.3) is 0 Å². The lowest BCUT2D eigenvalue weighted by molar-refractivity contribution is 0.197. The molecule has 0 saturated heterocycles. The monoisotopic (exact) mass is 266 g/mol. The molecular weight excluding hydrogens is 236 g/mol. The molecule has 0 aliphatic rings. The maximum Gasteiger partial charge on any atom is 0.0534 e. The van der Waals surface area contributed by atoms with Gasteiger partial charge in [0.15, 0.2) is 0 Å². The predicted molar refractivity (Wildman–Crippen MR) is 81.0 cm³/mol. The van der Waals surface area contributed by atoms with Gasteiger partial charge in [-0.05, 0) is 24.9 Å². The highest BCUT2D eigenvalue weighted by atomic mass is 15.2. The SMILES string of the molecule is CC(C)CNCC(C)(C)CN(C)Cc1cnn(C)c1. The van der Waals surface area contributed by atoms with Crippen LogP contribution in [0.4, 0.5) is 0 Å². The van der Waals surface area contributed by atoms with E-state index in [2.05, 4.69) is 56.3 Å². The van der Waals surface area contributed by atoms with Crippen molar-refractivity contribution in [3.05, 3.63) is 18.0 Å². The summed E-state index contributed by atoms with van der Waals surface area (Å²) in [6.07, 6.45) is 4.03. The number of aromatic nitrogens is 2. The van der Waals surface area contributed by atoms with Gasteiger partial charge in [0, 0.05) is 38.4 Å². The van der Waals surface area contributed by atoms with Crippen molar-refractivity contribution in [1.29, 1.82) is 0 Å². The Morgan fingerprint density at radius 1 is 1.42 bits per heavy atom. The fourth-order valence-corrected chi connectivity index (χ4v) is 2.41. The van der Waals surface area contributed by atoms with Crippen molar-refractivity contribution in [2.75, 3.05) is 26.7 Å². The first-order valence-corrected chi connectivity index (χ1v) is 7.15. The van der Waals surface area contributed by atoms with E-state index in [1.165, 1.54) is 5.56 Å². The molecule has 1 heterocycles. The van der Waals surface area contributed by atoms with E-state index in [1.54, 1.807) is 0 Å². The maximum atomic E-state index is 4.21. The summed E-state index contributed by atoms with van der Waals surface area (Å²) in [6, 6.07) is 0. The molecule has 0 saturated carbocycles. The maximum absolute atomic E-state index is 4.21. The summed E-state index contributed by atoms with van der Waals surface area (Å²) in [7, 11) is 4.14. The molecule has 0 fully saturated rings. The molecule has 4 heteroatoms. The fourth-order valence-electron chi connectivity index (χ4n) is 2.41. The van der Waals surface area contributed by atoms with Crippen molar-refractivity contribution in [2.45, 2.75) is 34.2 Å². The summed E-state index contributed by atoms with van der Waals surface area (Å²) in [4.78, 5) is 2.37. The Labute approximate surface area is 118 Å². The van der Waals surface area contributed by atoms with Gasteiger partial charge in [-0.2, -0.15) is 5.10 Å². The number of hydrogen-bond acceptors (Lipinski definition) is 3. The molecule has 0 amide bonds. The minimum Gasteiger partial charge on any atom is -0.316 e. The minimum atomic E-state index is 0.284. The van der Waals surface area contributed by atoms with E-state index in [9.17, 15) is 0 Å². The third-order valence-corrected chi connectivity index (χ3v) is 3.06. The lowest BCUT2D eigenvalue weighted by Crippen LogP contribution is -2.39. The van der Waals surface area contributed by atoms with E-state index >= 15 is 0 Å². The molecule has 0 aromatic carbocycles. The molecule has 4 nitrogen and oxygen atoms in total. The largest absolute Gasteiger partial charge is 0.316 e. The van der Waals surface area contributed by atoms with Crippen LogP contribution >= 0.6 is 0 Å². The lowest BCUT2D eigenvalue weighted by atomic mass is 9.92. The Kier molecular flexibility index (Phi) is 6.01. The molecule has 0 aliphatic heterocycles. The van der Waals surface area contributed by atoms with Crippen molar-refractivity contribution in [3.8, 4) is 0 Å². The van der Waals surface area contributed by atoms with Gasteiger partial charge in [0.1, 0.15) is 0 Å². The van der Waals surface area contributed by atoms with Gasteiger partial charge in [-0.25, -0.2) is 0 Å². The molecule has 1 aromatic rings. The van der Waals surface area contributed by atoms with E-state index in [0.717, 1.165) is 26.2 Å². The smallest absolute Gasteiger partial charge is 0.0534 e. The summed E-state index contributed by atoms with van der Waals surface area (Å²) >= 11 is 0. The molecule has 0 spiro atoms. The minimum absolute atomic E-state index is 0.284. The zero-order valence-electron chi connectivity index (χ0n) is 13.4. The van der Waals surface area contributed by atoms with Crippen LogP contribution in [-0.4, -0.2) is 41.4 Å². The predicted octanol–water partition coefficient (Wildman–Crippen LogP) is 2.12. The van der Waals surface area contributed by atoms with Crippen LogP contribution in [0.15, 0.2) is 12.4 Å². The second-order valence-electron chi connectivity index (χ2n) is 6.88. The third-order valence-electron chi connectivity index (χ3n) is 3.06. The van der Waals surface area contributed by atoms with Gasteiger partial charge in [-0.3, -0.25) is 4.68 Å². The zero-order chi connectivity index (χ0) is 14.5. The molecule has 1 aromatic heterocycles. The Bertz CT molecular complexity index is 368. The van der Waals surface area contributed by atoms with E-state index in [1.807, 2.05) is 17.9 Å². The fraction of sp³-hybridized carbons (Fsp3) is 0.800. The second-order valence-corrected chi connectivity index (χ2v) is 6.88. The van der Waals surface area contributed by atoms with Crippen molar-refractivity contribution in [1.82, 2.24) is 20.0 Å². The van der Waals surface area contributed by atoms with Crippen LogP contribution in [0.2, 0.25) is 0 Å². The van der Waals surface area contributed by atoms with Crippen LogP contribution in [0.5, 0.6) is 0 Å². The van der Waals surface area contributed by atoms with Crippen molar-refractivity contribution >= 4 is 0 Å². The van der Waals surface area contributed by atoms with Crippen molar-refractivity contribution in [3.63, 3.8) is 0 Å². The summed E-state index contributed by atoms with van der Waals surface area (Å²) in [5.74, 6) is 0.712. The summed E-state index contributed by atoms with van der Waals surface area (Å²) in [5, 5.41) is 7.77. The summed E-state index contributed by atoms with van der Waals surface area (Å²) in [5.41, 5.74) is 1.56. The highest BCUT2D eigenvalue weighted by molar-refractivity contribution is 5.03. The lowest BCUT2D eigenvalue weighted by Gasteiger charge is -2.30. The summed E-state index contributed by atoms with van der Waals surface area (Å²) in [6.45, 7) is 13.3. The van der Waals surface area contributed by atoms with Crippen LogP contribution in [-0.2, 0) is 13.6 Å². The average Bonchev–Trinajstić information content (AvgIpc) is 2.61. The first kappa shape index (κ1) is 16.2. The number of rotatable bonds is 8. The number of aryl methyl sites for hydroxylation is 1. The van der Waals surface area contributed by atoms with Crippen LogP contribution in [0.3, 0.4) is 0 Å². The van der Waals surface area contributed by atoms with Gasteiger partial charge in [-0.15, -0.1) is 0 Å². The molecule has 0 aliphatic carbocycles. The third kappa shape index (κ3) is 6.73. The number of hydrogen-bond donors (Lipinski definition) is 1. The van der Waals surface area contributed by atoms with Gasteiger partial charge >= 0.3 is 0 Å². The number of nitrogens with zero attached hydrogens (tertiary/aromatic N) is 3. The van der Waals surface area contributed by atoms with Gasteiger partial charge in [-0.1, -0.05) is 27.7 Å². The van der Waals surface area contributed by atoms with E-state index < -0.39 is 0 Å². The summed E-state index contributed by atoms with van der Waals surface area (Å²) < 4.78 is 1.86. The highest BCUT2D eigenvalue weighted by Gasteiger charge is 2.20. The molecular formula is C15H30N4. The van der Waals surface area contributed by atoms with Crippen molar-refractivity contribution < 1.29 is 0 Å². The van der Waals surface area contributed by atoms with E-state index in [-0.39, 0.29) is 5.41 Å². The van der Waals surface area contributed by atoms with Crippen LogP contribution < -0.4 is 5.32 Å². The Hall–Kier alpha value is -0.870.